The predicted octanol–water partition coefficient (Wildman–Crippen LogP) is 3.01. The SMILES string of the molecule is CCCCN(CCC(C)(C)N)C(C)CC. The Morgan fingerprint density at radius 3 is 2.20 bits per heavy atom. The molecule has 0 aliphatic carbocycles. The molecule has 0 aromatic carbocycles. The highest BCUT2D eigenvalue weighted by Crippen LogP contribution is 2.11. The van der Waals surface area contributed by atoms with Crippen molar-refractivity contribution in [3.8, 4) is 0 Å². The molecular weight excluding hydrogens is 184 g/mol. The van der Waals surface area contributed by atoms with E-state index >= 15 is 0 Å². The van der Waals surface area contributed by atoms with Crippen LogP contribution in [-0.2, 0) is 0 Å². The normalized spacial score (nSPS) is 14.6. The van der Waals surface area contributed by atoms with Crippen molar-refractivity contribution in [2.24, 2.45) is 5.73 Å². The van der Waals surface area contributed by atoms with Crippen molar-refractivity contribution in [2.45, 2.75) is 71.9 Å². The van der Waals surface area contributed by atoms with Gasteiger partial charge < -0.3 is 10.6 Å². The molecule has 1 unspecified atom stereocenters. The topological polar surface area (TPSA) is 29.3 Å². The molecule has 0 heterocycles. The van der Waals surface area contributed by atoms with E-state index in [1.54, 1.807) is 0 Å². The summed E-state index contributed by atoms with van der Waals surface area (Å²) in [5.74, 6) is 0. The van der Waals surface area contributed by atoms with Gasteiger partial charge in [-0.2, -0.15) is 0 Å². The number of nitrogens with zero attached hydrogens (tertiary/aromatic N) is 1. The number of hydrogen-bond acceptors (Lipinski definition) is 2. The predicted molar refractivity (Wildman–Crippen MR) is 69.1 cm³/mol. The molecule has 0 bridgehead atoms. The fraction of sp³-hybridized carbons (Fsp3) is 1.00. The van der Waals surface area contributed by atoms with E-state index in [1.807, 2.05) is 0 Å². The summed E-state index contributed by atoms with van der Waals surface area (Å²) in [5.41, 5.74) is 6.00. The zero-order valence-electron chi connectivity index (χ0n) is 11.3. The molecule has 0 aliphatic heterocycles. The quantitative estimate of drug-likeness (QED) is 0.673. The molecule has 0 amide bonds. The fourth-order valence-corrected chi connectivity index (χ4v) is 1.60. The van der Waals surface area contributed by atoms with Crippen molar-refractivity contribution in [2.75, 3.05) is 13.1 Å². The van der Waals surface area contributed by atoms with E-state index in [0.29, 0.717) is 6.04 Å². The number of unbranched alkanes of at least 4 members (excludes halogenated alkanes) is 1. The second-order valence-corrected chi connectivity index (χ2v) is 5.39. The third-order valence-corrected chi connectivity index (χ3v) is 3.06. The summed E-state index contributed by atoms with van der Waals surface area (Å²) in [6.45, 7) is 13.4. The van der Waals surface area contributed by atoms with E-state index in [0.717, 1.165) is 13.0 Å². The molecule has 2 heteroatoms. The third-order valence-electron chi connectivity index (χ3n) is 3.06. The summed E-state index contributed by atoms with van der Waals surface area (Å²) in [6, 6.07) is 0.693. The minimum absolute atomic E-state index is 0.0298. The van der Waals surface area contributed by atoms with E-state index in [1.165, 1.54) is 25.8 Å². The third kappa shape index (κ3) is 7.80. The molecule has 0 radical (unpaired) electrons. The average molecular weight is 214 g/mol. The van der Waals surface area contributed by atoms with E-state index in [2.05, 4.69) is 39.5 Å². The van der Waals surface area contributed by atoms with Crippen LogP contribution in [0.3, 0.4) is 0 Å². The Hall–Kier alpha value is -0.0800. The highest BCUT2D eigenvalue weighted by molar-refractivity contribution is 4.75. The van der Waals surface area contributed by atoms with Crippen LogP contribution in [0.4, 0.5) is 0 Å². The van der Waals surface area contributed by atoms with E-state index in [-0.39, 0.29) is 5.54 Å². The molecule has 0 aliphatic rings. The molecule has 0 spiro atoms. The standard InChI is InChI=1S/C13H30N2/c1-6-8-10-15(12(3)7-2)11-9-13(4,5)14/h12H,6-11,14H2,1-5H3. The lowest BCUT2D eigenvalue weighted by Crippen LogP contribution is -2.41. The number of nitrogens with two attached hydrogens (primary N) is 1. The van der Waals surface area contributed by atoms with Gasteiger partial charge in [-0.1, -0.05) is 20.3 Å². The molecule has 0 rings (SSSR count). The monoisotopic (exact) mass is 214 g/mol. The van der Waals surface area contributed by atoms with Crippen LogP contribution in [0.1, 0.15) is 60.3 Å². The van der Waals surface area contributed by atoms with Crippen LogP contribution in [0.2, 0.25) is 0 Å². The van der Waals surface area contributed by atoms with Gasteiger partial charge in [0, 0.05) is 18.1 Å². The Labute approximate surface area is 96.2 Å². The number of hydrogen-bond donors (Lipinski definition) is 1. The minimum atomic E-state index is -0.0298. The highest BCUT2D eigenvalue weighted by Gasteiger charge is 2.16. The van der Waals surface area contributed by atoms with Crippen molar-refractivity contribution in [3.63, 3.8) is 0 Å². The average Bonchev–Trinajstić information content (AvgIpc) is 2.15. The molecule has 15 heavy (non-hydrogen) atoms. The smallest absolute Gasteiger partial charge is 0.0109 e. The summed E-state index contributed by atoms with van der Waals surface area (Å²) in [7, 11) is 0. The van der Waals surface area contributed by atoms with Gasteiger partial charge in [-0.25, -0.2) is 0 Å². The van der Waals surface area contributed by atoms with Crippen LogP contribution in [0.5, 0.6) is 0 Å². The maximum absolute atomic E-state index is 6.03. The van der Waals surface area contributed by atoms with Gasteiger partial charge in [0.25, 0.3) is 0 Å². The minimum Gasteiger partial charge on any atom is -0.326 e. The van der Waals surface area contributed by atoms with Crippen LogP contribution in [0.25, 0.3) is 0 Å². The van der Waals surface area contributed by atoms with E-state index in [9.17, 15) is 0 Å². The van der Waals surface area contributed by atoms with Crippen molar-refractivity contribution in [3.05, 3.63) is 0 Å². The van der Waals surface area contributed by atoms with Gasteiger partial charge in [0.15, 0.2) is 0 Å². The molecule has 2 nitrogen and oxygen atoms in total. The van der Waals surface area contributed by atoms with Crippen LogP contribution < -0.4 is 5.73 Å². The second-order valence-electron chi connectivity index (χ2n) is 5.39. The van der Waals surface area contributed by atoms with Gasteiger partial charge in [0.05, 0.1) is 0 Å². The van der Waals surface area contributed by atoms with E-state index in [4.69, 9.17) is 5.73 Å². The Bertz CT molecular complexity index is 149. The molecule has 2 N–H and O–H groups in total. The highest BCUT2D eigenvalue weighted by atomic mass is 15.1. The zero-order valence-corrected chi connectivity index (χ0v) is 11.3. The summed E-state index contributed by atoms with van der Waals surface area (Å²) in [6.07, 6.45) is 4.89. The Kier molecular flexibility index (Phi) is 7.20. The number of rotatable bonds is 8. The van der Waals surface area contributed by atoms with Crippen molar-refractivity contribution in [1.29, 1.82) is 0 Å². The maximum atomic E-state index is 6.03. The van der Waals surface area contributed by atoms with Gasteiger partial charge in [0.2, 0.25) is 0 Å². The molecule has 0 aromatic rings. The van der Waals surface area contributed by atoms with Crippen molar-refractivity contribution < 1.29 is 0 Å². The lowest BCUT2D eigenvalue weighted by atomic mass is 10.0. The maximum Gasteiger partial charge on any atom is 0.0109 e. The van der Waals surface area contributed by atoms with Gasteiger partial charge in [-0.15, -0.1) is 0 Å². The van der Waals surface area contributed by atoms with E-state index < -0.39 is 0 Å². The Morgan fingerprint density at radius 1 is 1.20 bits per heavy atom. The first-order valence-corrected chi connectivity index (χ1v) is 6.43. The summed E-state index contributed by atoms with van der Waals surface area (Å²) >= 11 is 0. The van der Waals surface area contributed by atoms with Gasteiger partial charge >= 0.3 is 0 Å². The summed E-state index contributed by atoms with van der Waals surface area (Å²) < 4.78 is 0. The van der Waals surface area contributed by atoms with Gasteiger partial charge in [-0.3, -0.25) is 0 Å². The molecule has 0 saturated carbocycles. The molecule has 0 saturated heterocycles. The molecule has 1 atom stereocenters. The van der Waals surface area contributed by atoms with Gasteiger partial charge in [-0.05, 0) is 46.6 Å². The molecular formula is C13H30N2. The first kappa shape index (κ1) is 14.9. The second kappa shape index (κ2) is 7.24. The van der Waals surface area contributed by atoms with Crippen molar-refractivity contribution >= 4 is 0 Å². The first-order valence-electron chi connectivity index (χ1n) is 6.43. The first-order chi connectivity index (χ1) is 6.90. The fourth-order valence-electron chi connectivity index (χ4n) is 1.60. The lowest BCUT2D eigenvalue weighted by Gasteiger charge is -2.31. The Morgan fingerprint density at radius 2 is 1.80 bits per heavy atom. The van der Waals surface area contributed by atoms with Crippen LogP contribution in [0, 0.1) is 0 Å². The zero-order chi connectivity index (χ0) is 11.9. The summed E-state index contributed by atoms with van der Waals surface area (Å²) in [5, 5.41) is 0. The van der Waals surface area contributed by atoms with Gasteiger partial charge in [0.1, 0.15) is 0 Å². The lowest BCUT2D eigenvalue weighted by molar-refractivity contribution is 0.185. The van der Waals surface area contributed by atoms with Crippen LogP contribution >= 0.6 is 0 Å². The molecule has 0 fully saturated rings. The summed E-state index contributed by atoms with van der Waals surface area (Å²) in [4.78, 5) is 2.58. The van der Waals surface area contributed by atoms with Crippen LogP contribution in [0.15, 0.2) is 0 Å². The molecule has 0 aromatic heterocycles. The molecule has 92 valence electrons. The van der Waals surface area contributed by atoms with Crippen LogP contribution in [-0.4, -0.2) is 29.6 Å². The largest absolute Gasteiger partial charge is 0.326 e. The van der Waals surface area contributed by atoms with Crippen molar-refractivity contribution in [1.82, 2.24) is 4.90 Å². The Balaban J connectivity index is 4.01.